The third-order valence-electron chi connectivity index (χ3n) is 1.87. The van der Waals surface area contributed by atoms with Crippen LogP contribution in [0.15, 0.2) is 9.63 Å². The first-order chi connectivity index (χ1) is 7.54. The van der Waals surface area contributed by atoms with Gasteiger partial charge in [-0.2, -0.15) is 0 Å². The first-order valence-electron chi connectivity index (χ1n) is 4.01. The summed E-state index contributed by atoms with van der Waals surface area (Å²) in [5.74, 6) is -1.48. The number of halogens is 4. The van der Waals surface area contributed by atoms with Crippen molar-refractivity contribution < 1.29 is 29.2 Å². The maximum atomic E-state index is 13.7. The summed E-state index contributed by atoms with van der Waals surface area (Å²) in [6.45, 7) is 0. The molecule has 1 aromatic heterocycles. The molecule has 0 bridgehead atoms. The standard InChI is InChI=1S/C9H3BrClF2N2S.Re/c1-16-9-14-7-5(8(11)15-9)4(12)2-3(10)6(7)13;/h1H3;/q-1;. The maximum absolute atomic E-state index is 13.7. The van der Waals surface area contributed by atoms with E-state index in [2.05, 4.69) is 32.0 Å². The average molecular weight is 511 g/mol. The largest absolute Gasteiger partial charge is 0.281 e. The van der Waals surface area contributed by atoms with E-state index < -0.39 is 11.6 Å². The van der Waals surface area contributed by atoms with Gasteiger partial charge in [-0.05, 0) is 11.6 Å². The third-order valence-corrected chi connectivity index (χ3v) is 3.23. The molecule has 8 heteroatoms. The van der Waals surface area contributed by atoms with Crippen molar-refractivity contribution in [3.63, 3.8) is 0 Å². The van der Waals surface area contributed by atoms with Crippen molar-refractivity contribution in [2.75, 3.05) is 6.26 Å². The molecular weight excluding hydrogens is 508 g/mol. The molecule has 0 atom stereocenters. The van der Waals surface area contributed by atoms with Gasteiger partial charge >= 0.3 is 0 Å². The van der Waals surface area contributed by atoms with Crippen LogP contribution in [0.4, 0.5) is 8.78 Å². The van der Waals surface area contributed by atoms with E-state index in [1.807, 2.05) is 0 Å². The molecule has 0 N–H and O–H groups in total. The van der Waals surface area contributed by atoms with Crippen LogP contribution in [0.5, 0.6) is 0 Å². The minimum absolute atomic E-state index is 0. The van der Waals surface area contributed by atoms with E-state index in [4.69, 9.17) is 11.6 Å². The van der Waals surface area contributed by atoms with Crippen molar-refractivity contribution in [3.8, 4) is 0 Å². The van der Waals surface area contributed by atoms with Gasteiger partial charge in [0.1, 0.15) is 0 Å². The molecule has 0 unspecified atom stereocenters. The Labute approximate surface area is 127 Å². The van der Waals surface area contributed by atoms with Crippen LogP contribution in [-0.4, -0.2) is 16.2 Å². The molecule has 2 rings (SSSR count). The Morgan fingerprint density at radius 2 is 2.00 bits per heavy atom. The quantitative estimate of drug-likeness (QED) is 0.192. The zero-order valence-corrected chi connectivity index (χ0v) is 14.1. The van der Waals surface area contributed by atoms with E-state index in [9.17, 15) is 8.78 Å². The predicted octanol–water partition coefficient (Wildman–Crippen LogP) is 3.84. The number of rotatable bonds is 1. The van der Waals surface area contributed by atoms with Crippen LogP contribution < -0.4 is 0 Å². The molecular formula is C9H3BrClF2N2ReS-. The molecule has 2 aromatic rings. The van der Waals surface area contributed by atoms with Gasteiger partial charge in [-0.15, -0.1) is 6.07 Å². The summed E-state index contributed by atoms with van der Waals surface area (Å²) in [6.07, 6.45) is 1.72. The first-order valence-corrected chi connectivity index (χ1v) is 6.41. The van der Waals surface area contributed by atoms with Crippen LogP contribution in [-0.2, 0) is 20.4 Å². The minimum Gasteiger partial charge on any atom is -0.281 e. The number of benzene rings is 1. The van der Waals surface area contributed by atoms with Crippen molar-refractivity contribution in [1.29, 1.82) is 0 Å². The molecule has 0 saturated heterocycles. The van der Waals surface area contributed by atoms with E-state index in [0.29, 0.717) is 0 Å². The van der Waals surface area contributed by atoms with Crippen LogP contribution in [0.25, 0.3) is 10.9 Å². The van der Waals surface area contributed by atoms with Crippen molar-refractivity contribution >= 4 is 50.2 Å². The minimum atomic E-state index is -0.777. The van der Waals surface area contributed by atoms with Gasteiger partial charge in [-0.25, -0.2) is 14.4 Å². The third kappa shape index (κ3) is 2.79. The Kier molecular flexibility index (Phi) is 5.29. The van der Waals surface area contributed by atoms with Gasteiger partial charge < -0.3 is 0 Å². The van der Waals surface area contributed by atoms with Crippen molar-refractivity contribution in [2.45, 2.75) is 5.16 Å². The molecule has 17 heavy (non-hydrogen) atoms. The molecule has 0 spiro atoms. The maximum Gasteiger partial charge on any atom is 0.186 e. The fourth-order valence-corrected chi connectivity index (χ4v) is 2.21. The zero-order valence-electron chi connectivity index (χ0n) is 8.19. The van der Waals surface area contributed by atoms with Crippen LogP contribution in [0.2, 0.25) is 5.15 Å². The first kappa shape index (κ1) is 15.3. The van der Waals surface area contributed by atoms with Gasteiger partial charge in [0.05, 0.1) is 5.15 Å². The molecule has 2 nitrogen and oxygen atoms in total. The normalized spacial score (nSPS) is 10.4. The zero-order chi connectivity index (χ0) is 11.9. The van der Waals surface area contributed by atoms with E-state index >= 15 is 0 Å². The Hall–Kier alpha value is 0.202. The summed E-state index contributed by atoms with van der Waals surface area (Å²) >= 11 is 9.82. The number of thioether (sulfide) groups is 1. The second-order valence-corrected chi connectivity index (χ2v) is 4.72. The van der Waals surface area contributed by atoms with Crippen LogP contribution in [0.3, 0.4) is 0 Å². The summed E-state index contributed by atoms with van der Waals surface area (Å²) in [5, 5.41) is 0.0172. The van der Waals surface area contributed by atoms with Crippen molar-refractivity contribution in [3.05, 3.63) is 27.3 Å². The molecule has 1 aromatic carbocycles. The molecule has 0 saturated carbocycles. The van der Waals surface area contributed by atoms with E-state index in [0.717, 1.165) is 0 Å². The Morgan fingerprint density at radius 3 is 2.59 bits per heavy atom. The SMILES string of the molecule is CSc1nc(Cl)c2c(F)[c-]c(Br)c(F)c2n1.[Re]. The predicted molar refractivity (Wildman–Crippen MR) is 62.8 cm³/mol. The number of aromatic nitrogens is 2. The van der Waals surface area contributed by atoms with Crippen LogP contribution in [0, 0.1) is 17.7 Å². The van der Waals surface area contributed by atoms with E-state index in [1.165, 1.54) is 11.8 Å². The molecule has 91 valence electrons. The monoisotopic (exact) mass is 510 g/mol. The van der Waals surface area contributed by atoms with Crippen LogP contribution >= 0.6 is 39.3 Å². The van der Waals surface area contributed by atoms with E-state index in [1.54, 1.807) is 6.26 Å². The summed E-state index contributed by atoms with van der Waals surface area (Å²) in [5.41, 5.74) is -0.146. The molecule has 0 aliphatic rings. The molecule has 0 amide bonds. The van der Waals surface area contributed by atoms with Gasteiger partial charge in [-0.1, -0.05) is 43.8 Å². The molecule has 1 heterocycles. The number of fused-ring (bicyclic) bond motifs is 1. The number of nitrogens with zero attached hydrogens (tertiary/aromatic N) is 2. The van der Waals surface area contributed by atoms with Crippen molar-refractivity contribution in [2.24, 2.45) is 0 Å². The summed E-state index contributed by atoms with van der Waals surface area (Å²) in [6, 6.07) is 2.16. The summed E-state index contributed by atoms with van der Waals surface area (Å²) in [4.78, 5) is 7.70. The van der Waals surface area contributed by atoms with Gasteiger partial charge in [0.25, 0.3) is 0 Å². The molecule has 0 aliphatic carbocycles. The fraction of sp³-hybridized carbons (Fsp3) is 0.111. The van der Waals surface area contributed by atoms with Gasteiger partial charge in [0.15, 0.2) is 5.16 Å². The molecule has 1 radical (unpaired) electrons. The van der Waals surface area contributed by atoms with Gasteiger partial charge in [0, 0.05) is 37.6 Å². The van der Waals surface area contributed by atoms with Gasteiger partial charge in [0.2, 0.25) is 0 Å². The summed E-state index contributed by atoms with van der Waals surface area (Å²) in [7, 11) is 0. The van der Waals surface area contributed by atoms with Crippen molar-refractivity contribution in [1.82, 2.24) is 9.97 Å². The fourth-order valence-electron chi connectivity index (χ4n) is 1.18. The second kappa shape index (κ2) is 5.90. The smallest absolute Gasteiger partial charge is 0.186 e. The molecule has 0 aliphatic heterocycles. The number of hydrogen-bond donors (Lipinski definition) is 0. The summed E-state index contributed by atoms with van der Waals surface area (Å²) < 4.78 is 27.1. The molecule has 0 fully saturated rings. The van der Waals surface area contributed by atoms with Gasteiger partial charge in [-0.3, -0.25) is 4.39 Å². The Balaban J connectivity index is 0.00000144. The number of hydrogen-bond acceptors (Lipinski definition) is 3. The topological polar surface area (TPSA) is 25.8 Å². The van der Waals surface area contributed by atoms with Crippen LogP contribution in [0.1, 0.15) is 0 Å². The van der Waals surface area contributed by atoms with E-state index in [-0.39, 0.29) is 46.1 Å². The second-order valence-electron chi connectivity index (χ2n) is 2.79. The Morgan fingerprint density at radius 1 is 1.35 bits per heavy atom. The average Bonchev–Trinajstić information content (AvgIpc) is 2.24. The Bertz CT molecular complexity index is 585.